The molecule has 7 aromatic heterocycles. The third kappa shape index (κ3) is 6.80. The van der Waals surface area contributed by atoms with Crippen molar-refractivity contribution in [1.82, 2.24) is 55.2 Å². The molecule has 0 spiro atoms. The van der Waals surface area contributed by atoms with E-state index in [1.165, 1.54) is 6.33 Å². The van der Waals surface area contributed by atoms with E-state index in [0.717, 1.165) is 77.1 Å². The van der Waals surface area contributed by atoms with E-state index >= 15 is 0 Å². The van der Waals surface area contributed by atoms with Crippen molar-refractivity contribution in [3.05, 3.63) is 85.7 Å². The largest absolute Gasteiger partial charge is 0.492 e. The molecule has 1 saturated heterocycles. The van der Waals surface area contributed by atoms with Crippen LogP contribution in [-0.4, -0.2) is 69.5 Å². The SMILES string of the molecule is Nc1nccc(-c2c[nH]c3nccc(OCC4CCNCC4)c23)n1.Nc1nccc(-c2c[nH]c3nccc(OCc4cncnc4)c23)n1. The minimum atomic E-state index is 0.217. The van der Waals surface area contributed by atoms with Gasteiger partial charge in [0, 0.05) is 66.3 Å². The van der Waals surface area contributed by atoms with Crippen LogP contribution in [0, 0.1) is 5.92 Å². The van der Waals surface area contributed by atoms with E-state index in [1.54, 1.807) is 43.2 Å². The summed E-state index contributed by atoms with van der Waals surface area (Å²) in [4.78, 5) is 39.5. The van der Waals surface area contributed by atoms with E-state index in [4.69, 9.17) is 20.9 Å². The van der Waals surface area contributed by atoms with Crippen LogP contribution < -0.4 is 26.3 Å². The fraction of sp³-hybridized carbons (Fsp3) is 0.212. The van der Waals surface area contributed by atoms with Gasteiger partial charge in [-0.1, -0.05) is 0 Å². The lowest BCUT2D eigenvalue weighted by molar-refractivity contribution is 0.217. The standard InChI is InChI=1S/C17H20N6O.C16H13N7O/c18-17-21-7-3-13(23-17)12-9-22-16-15(12)14(4-8-20-16)24-10-11-1-5-19-6-2-11;17-16-21-3-1-12(23-16)11-7-22-15-14(11)13(2-4-20-15)24-8-10-5-18-9-19-6-10/h3-4,7-9,11,19H,1-2,5-6,10H2,(H,20,22)(H2,18,21,23);1-7,9H,8H2,(H,20,22)(H2,17,21,23). The Bertz CT molecular complexity index is 2130. The zero-order valence-corrected chi connectivity index (χ0v) is 25.9. The molecule has 7 aromatic rings. The van der Waals surface area contributed by atoms with Crippen LogP contribution in [-0.2, 0) is 6.61 Å². The van der Waals surface area contributed by atoms with Gasteiger partial charge in [-0.2, -0.15) is 0 Å². The van der Waals surface area contributed by atoms with Gasteiger partial charge in [-0.15, -0.1) is 0 Å². The van der Waals surface area contributed by atoms with Gasteiger partial charge in [-0.25, -0.2) is 39.9 Å². The molecule has 0 radical (unpaired) electrons. The third-order valence-corrected chi connectivity index (χ3v) is 7.91. The molecule has 1 aliphatic heterocycles. The number of nitrogen functional groups attached to an aromatic ring is 2. The number of fused-ring (bicyclic) bond motifs is 2. The van der Waals surface area contributed by atoms with Gasteiger partial charge in [0.2, 0.25) is 11.9 Å². The summed E-state index contributed by atoms with van der Waals surface area (Å²) in [7, 11) is 0. The predicted octanol–water partition coefficient (Wildman–Crippen LogP) is 3.95. The Hall–Kier alpha value is -6.22. The zero-order chi connectivity index (χ0) is 32.7. The number of piperidine rings is 1. The Balaban J connectivity index is 0.000000152. The molecule has 7 N–H and O–H groups in total. The normalized spacial score (nSPS) is 13.2. The minimum absolute atomic E-state index is 0.217. The highest BCUT2D eigenvalue weighted by atomic mass is 16.5. The lowest BCUT2D eigenvalue weighted by Crippen LogP contribution is -2.30. The lowest BCUT2D eigenvalue weighted by Gasteiger charge is -2.22. The van der Waals surface area contributed by atoms with E-state index in [9.17, 15) is 0 Å². The number of aromatic amines is 2. The second-order valence-electron chi connectivity index (χ2n) is 11.1. The summed E-state index contributed by atoms with van der Waals surface area (Å²) in [6.45, 7) is 3.21. The highest BCUT2D eigenvalue weighted by Gasteiger charge is 2.18. The summed E-state index contributed by atoms with van der Waals surface area (Å²) in [5.41, 5.74) is 17.0. The fourth-order valence-electron chi connectivity index (χ4n) is 5.57. The molecule has 8 heterocycles. The Labute approximate surface area is 274 Å². The molecule has 242 valence electrons. The number of aromatic nitrogens is 10. The van der Waals surface area contributed by atoms with Crippen LogP contribution in [0.3, 0.4) is 0 Å². The van der Waals surface area contributed by atoms with E-state index in [0.29, 0.717) is 29.6 Å². The number of rotatable bonds is 8. The molecule has 8 rings (SSSR count). The number of nitrogens with two attached hydrogens (primary N) is 2. The van der Waals surface area contributed by atoms with E-state index in [-0.39, 0.29) is 11.9 Å². The van der Waals surface area contributed by atoms with E-state index in [1.807, 2.05) is 30.6 Å². The first-order valence-electron chi connectivity index (χ1n) is 15.4. The summed E-state index contributed by atoms with van der Waals surface area (Å²) >= 11 is 0. The predicted molar refractivity (Wildman–Crippen MR) is 181 cm³/mol. The van der Waals surface area contributed by atoms with Crippen molar-refractivity contribution in [1.29, 1.82) is 0 Å². The van der Waals surface area contributed by atoms with Crippen molar-refractivity contribution in [2.45, 2.75) is 19.4 Å². The molecule has 48 heavy (non-hydrogen) atoms. The Morgan fingerprint density at radius 1 is 0.688 bits per heavy atom. The van der Waals surface area contributed by atoms with Crippen molar-refractivity contribution in [3.63, 3.8) is 0 Å². The maximum atomic E-state index is 6.15. The Morgan fingerprint density at radius 3 is 1.79 bits per heavy atom. The molecule has 0 aromatic carbocycles. The van der Waals surface area contributed by atoms with Crippen molar-refractivity contribution < 1.29 is 9.47 Å². The molecule has 0 aliphatic carbocycles. The van der Waals surface area contributed by atoms with Crippen LogP contribution in [0.4, 0.5) is 11.9 Å². The third-order valence-electron chi connectivity index (χ3n) is 7.91. The Kier molecular flexibility index (Phi) is 8.91. The van der Waals surface area contributed by atoms with Crippen molar-refractivity contribution in [2.24, 2.45) is 5.92 Å². The van der Waals surface area contributed by atoms with Crippen molar-refractivity contribution >= 4 is 34.0 Å². The average Bonchev–Trinajstić information content (AvgIpc) is 3.77. The second kappa shape index (κ2) is 14.0. The molecule has 15 heteroatoms. The number of pyridine rings is 2. The number of H-pyrrole nitrogens is 2. The first kappa shape index (κ1) is 30.4. The average molecular weight is 644 g/mol. The molecule has 0 saturated carbocycles. The monoisotopic (exact) mass is 643 g/mol. The summed E-state index contributed by atoms with van der Waals surface area (Å²) in [5, 5.41) is 5.15. The molecule has 0 bridgehead atoms. The number of ether oxygens (including phenoxy) is 2. The summed E-state index contributed by atoms with van der Waals surface area (Å²) in [6, 6.07) is 7.35. The van der Waals surface area contributed by atoms with Crippen LogP contribution in [0.1, 0.15) is 18.4 Å². The summed E-state index contributed by atoms with van der Waals surface area (Å²) in [6.07, 6.45) is 17.7. The van der Waals surface area contributed by atoms with Crippen LogP contribution in [0.25, 0.3) is 44.6 Å². The molecule has 0 amide bonds. The van der Waals surface area contributed by atoms with Crippen molar-refractivity contribution in [3.8, 4) is 34.0 Å². The number of anilines is 2. The van der Waals surface area contributed by atoms with Gasteiger partial charge in [-0.05, 0) is 56.1 Å². The van der Waals surface area contributed by atoms with Crippen molar-refractivity contribution in [2.75, 3.05) is 31.2 Å². The summed E-state index contributed by atoms with van der Waals surface area (Å²) < 4.78 is 12.1. The topological polar surface area (TPSA) is 217 Å². The maximum Gasteiger partial charge on any atom is 0.220 e. The quantitative estimate of drug-likeness (QED) is 0.159. The number of nitrogens with zero attached hydrogens (tertiary/aromatic N) is 8. The lowest BCUT2D eigenvalue weighted by atomic mass is 9.99. The molecule has 0 atom stereocenters. The highest BCUT2D eigenvalue weighted by Crippen LogP contribution is 2.35. The molecule has 15 nitrogen and oxygen atoms in total. The smallest absolute Gasteiger partial charge is 0.220 e. The van der Waals surface area contributed by atoms with Gasteiger partial charge in [-0.3, -0.25) is 0 Å². The van der Waals surface area contributed by atoms with Gasteiger partial charge in [0.15, 0.2) is 0 Å². The van der Waals surface area contributed by atoms with Gasteiger partial charge in [0.05, 0.1) is 28.8 Å². The molecule has 1 aliphatic rings. The first-order chi connectivity index (χ1) is 23.6. The zero-order valence-electron chi connectivity index (χ0n) is 25.9. The fourth-order valence-corrected chi connectivity index (χ4v) is 5.57. The van der Waals surface area contributed by atoms with E-state index < -0.39 is 0 Å². The van der Waals surface area contributed by atoms with Gasteiger partial charge in [0.25, 0.3) is 0 Å². The molecular weight excluding hydrogens is 610 g/mol. The first-order valence-corrected chi connectivity index (χ1v) is 15.4. The summed E-state index contributed by atoms with van der Waals surface area (Å²) in [5.74, 6) is 2.58. The number of hydrogen-bond acceptors (Lipinski definition) is 13. The molecule has 1 fully saturated rings. The van der Waals surface area contributed by atoms with Crippen LogP contribution in [0.15, 0.2) is 80.2 Å². The number of hydrogen-bond donors (Lipinski definition) is 5. The minimum Gasteiger partial charge on any atom is -0.492 e. The Morgan fingerprint density at radius 2 is 1.23 bits per heavy atom. The second-order valence-corrected chi connectivity index (χ2v) is 11.1. The highest BCUT2D eigenvalue weighted by molar-refractivity contribution is 5.98. The van der Waals surface area contributed by atoms with Gasteiger partial charge < -0.3 is 36.2 Å². The maximum absolute atomic E-state index is 6.15. The molecule has 0 unspecified atom stereocenters. The number of nitrogens with one attached hydrogen (secondary N) is 3. The van der Waals surface area contributed by atoms with Gasteiger partial charge >= 0.3 is 0 Å². The van der Waals surface area contributed by atoms with Crippen LogP contribution >= 0.6 is 0 Å². The van der Waals surface area contributed by atoms with E-state index in [2.05, 4.69) is 55.2 Å². The van der Waals surface area contributed by atoms with Crippen LogP contribution in [0.2, 0.25) is 0 Å². The van der Waals surface area contributed by atoms with Crippen LogP contribution in [0.5, 0.6) is 11.5 Å². The molecular formula is C33H33N13O2. The van der Waals surface area contributed by atoms with Gasteiger partial charge in [0.1, 0.15) is 35.7 Å².